The molecule has 152 valence electrons. The van der Waals surface area contributed by atoms with Crippen LogP contribution >= 0.6 is 27.5 Å². The summed E-state index contributed by atoms with van der Waals surface area (Å²) in [4.78, 5) is 20.2. The van der Waals surface area contributed by atoms with Crippen LogP contribution in [0.5, 0.6) is 0 Å². The van der Waals surface area contributed by atoms with Crippen LogP contribution in [0, 0.1) is 12.8 Å². The normalized spacial score (nSPS) is 13.8. The molecule has 0 N–H and O–H groups in total. The van der Waals surface area contributed by atoms with Gasteiger partial charge in [-0.2, -0.15) is 0 Å². The summed E-state index contributed by atoms with van der Waals surface area (Å²) in [5, 5.41) is 0.705. The highest BCUT2D eigenvalue weighted by molar-refractivity contribution is 9.10. The van der Waals surface area contributed by atoms with Gasteiger partial charge in [-0.25, -0.2) is 4.98 Å². The molecule has 0 unspecified atom stereocenters. The van der Waals surface area contributed by atoms with Gasteiger partial charge in [-0.3, -0.25) is 4.79 Å². The summed E-state index contributed by atoms with van der Waals surface area (Å²) in [7, 11) is 0. The van der Waals surface area contributed by atoms with Crippen molar-refractivity contribution in [3.8, 4) is 0 Å². The number of aryl methyl sites for hydroxylation is 2. The minimum Gasteiger partial charge on any atom is -0.331 e. The van der Waals surface area contributed by atoms with Gasteiger partial charge < -0.3 is 9.47 Å². The van der Waals surface area contributed by atoms with E-state index in [1.54, 1.807) is 0 Å². The van der Waals surface area contributed by atoms with E-state index in [4.69, 9.17) is 16.6 Å². The lowest BCUT2D eigenvalue weighted by Gasteiger charge is -2.23. The standard InChI is InChI=1S/C23H25BrClN3O/c1-3-10-28-21-12-18(25)8-9-20(21)26-22(28)14-27(13-16-5-6-16)23(29)17-7-4-15(2)19(24)11-17/h4,7-9,11-12,16H,3,5-6,10,13-14H2,1-2H3. The Bertz CT molecular complexity index is 1060. The topological polar surface area (TPSA) is 38.1 Å². The van der Waals surface area contributed by atoms with Crippen molar-refractivity contribution in [1.29, 1.82) is 0 Å². The highest BCUT2D eigenvalue weighted by Gasteiger charge is 2.28. The van der Waals surface area contributed by atoms with Gasteiger partial charge in [0.05, 0.1) is 17.6 Å². The second-order valence-corrected chi connectivity index (χ2v) is 9.20. The first kappa shape index (κ1) is 20.4. The Morgan fingerprint density at radius 2 is 2.07 bits per heavy atom. The molecule has 4 rings (SSSR count). The molecule has 6 heteroatoms. The molecular formula is C23H25BrClN3O. The van der Waals surface area contributed by atoms with Crippen molar-refractivity contribution >= 4 is 44.5 Å². The van der Waals surface area contributed by atoms with Crippen LogP contribution in [0.15, 0.2) is 40.9 Å². The lowest BCUT2D eigenvalue weighted by molar-refractivity contribution is 0.0728. The molecule has 4 nitrogen and oxygen atoms in total. The van der Waals surface area contributed by atoms with Gasteiger partial charge in [0.15, 0.2) is 0 Å². The number of hydrogen-bond acceptors (Lipinski definition) is 2. The Balaban J connectivity index is 1.68. The van der Waals surface area contributed by atoms with E-state index >= 15 is 0 Å². The number of fused-ring (bicyclic) bond motifs is 1. The molecule has 0 radical (unpaired) electrons. The lowest BCUT2D eigenvalue weighted by Crippen LogP contribution is -2.33. The third-order valence-electron chi connectivity index (χ3n) is 5.45. The summed E-state index contributed by atoms with van der Waals surface area (Å²) in [6, 6.07) is 11.6. The van der Waals surface area contributed by atoms with Crippen molar-refractivity contribution in [2.24, 2.45) is 5.92 Å². The Labute approximate surface area is 185 Å². The first-order valence-electron chi connectivity index (χ1n) is 10.2. The second-order valence-electron chi connectivity index (χ2n) is 7.91. The number of imidazole rings is 1. The second kappa shape index (κ2) is 8.49. The van der Waals surface area contributed by atoms with Crippen molar-refractivity contribution in [3.63, 3.8) is 0 Å². The monoisotopic (exact) mass is 473 g/mol. The van der Waals surface area contributed by atoms with Gasteiger partial charge in [0.2, 0.25) is 0 Å². The quantitative estimate of drug-likeness (QED) is 0.407. The van der Waals surface area contributed by atoms with E-state index in [0.29, 0.717) is 23.0 Å². The molecular weight excluding hydrogens is 450 g/mol. The van der Waals surface area contributed by atoms with Crippen molar-refractivity contribution in [1.82, 2.24) is 14.5 Å². The Morgan fingerprint density at radius 3 is 2.76 bits per heavy atom. The van der Waals surface area contributed by atoms with Gasteiger partial charge in [0.25, 0.3) is 5.91 Å². The summed E-state index contributed by atoms with van der Waals surface area (Å²) < 4.78 is 3.17. The minimum atomic E-state index is 0.0609. The van der Waals surface area contributed by atoms with Gasteiger partial charge in [0.1, 0.15) is 5.82 Å². The Kier molecular flexibility index (Phi) is 5.98. The fourth-order valence-electron chi connectivity index (χ4n) is 3.65. The molecule has 3 aromatic rings. The predicted molar refractivity (Wildman–Crippen MR) is 121 cm³/mol. The molecule has 1 aliphatic carbocycles. The lowest BCUT2D eigenvalue weighted by atomic mass is 10.1. The number of nitrogens with zero attached hydrogens (tertiary/aromatic N) is 3. The number of aromatic nitrogens is 2. The molecule has 1 heterocycles. The van der Waals surface area contributed by atoms with E-state index in [0.717, 1.165) is 46.4 Å². The van der Waals surface area contributed by atoms with Crippen molar-refractivity contribution in [3.05, 3.63) is 62.8 Å². The SMILES string of the molecule is CCCn1c(CN(CC2CC2)C(=O)c2ccc(C)c(Br)c2)nc2ccc(Cl)cc21. The maximum atomic E-state index is 13.4. The van der Waals surface area contributed by atoms with Crippen molar-refractivity contribution < 1.29 is 4.79 Å². The molecule has 29 heavy (non-hydrogen) atoms. The summed E-state index contributed by atoms with van der Waals surface area (Å²) in [5.74, 6) is 1.58. The molecule has 2 aromatic carbocycles. The maximum absolute atomic E-state index is 13.4. The molecule has 1 amide bonds. The third kappa shape index (κ3) is 4.51. The van der Waals surface area contributed by atoms with E-state index in [2.05, 4.69) is 27.4 Å². The van der Waals surface area contributed by atoms with Crippen LogP contribution in [-0.2, 0) is 13.1 Å². The van der Waals surface area contributed by atoms with Gasteiger partial charge in [0, 0.05) is 28.1 Å². The first-order chi connectivity index (χ1) is 14.0. The van der Waals surface area contributed by atoms with E-state index in [1.807, 2.05) is 48.2 Å². The third-order valence-corrected chi connectivity index (χ3v) is 6.54. The fraction of sp³-hybridized carbons (Fsp3) is 0.391. The number of carbonyl (C=O) groups is 1. The van der Waals surface area contributed by atoms with Crippen LogP contribution in [0.1, 0.15) is 47.9 Å². The smallest absolute Gasteiger partial charge is 0.254 e. The highest BCUT2D eigenvalue weighted by Crippen LogP contribution is 2.31. The number of rotatable bonds is 7. The van der Waals surface area contributed by atoms with Crippen LogP contribution in [0.3, 0.4) is 0 Å². The van der Waals surface area contributed by atoms with Gasteiger partial charge in [-0.1, -0.05) is 40.5 Å². The summed E-state index contributed by atoms with van der Waals surface area (Å²) in [6.45, 7) is 6.32. The summed E-state index contributed by atoms with van der Waals surface area (Å²) in [6.07, 6.45) is 3.39. The van der Waals surface area contributed by atoms with E-state index in [-0.39, 0.29) is 5.91 Å². The van der Waals surface area contributed by atoms with E-state index in [9.17, 15) is 4.79 Å². The molecule has 0 bridgehead atoms. The average molecular weight is 475 g/mol. The largest absolute Gasteiger partial charge is 0.331 e. The molecule has 0 saturated heterocycles. The Morgan fingerprint density at radius 1 is 1.28 bits per heavy atom. The zero-order valence-electron chi connectivity index (χ0n) is 16.8. The molecule has 1 aliphatic rings. The molecule has 0 atom stereocenters. The van der Waals surface area contributed by atoms with Crippen LogP contribution in [-0.4, -0.2) is 26.9 Å². The van der Waals surface area contributed by atoms with Crippen LogP contribution in [0.4, 0.5) is 0 Å². The number of amides is 1. The summed E-state index contributed by atoms with van der Waals surface area (Å²) in [5.41, 5.74) is 3.79. The van der Waals surface area contributed by atoms with Crippen LogP contribution < -0.4 is 0 Å². The molecule has 1 aromatic heterocycles. The average Bonchev–Trinajstić information content (AvgIpc) is 3.46. The zero-order valence-corrected chi connectivity index (χ0v) is 19.1. The molecule has 1 saturated carbocycles. The maximum Gasteiger partial charge on any atom is 0.254 e. The first-order valence-corrected chi connectivity index (χ1v) is 11.3. The van der Waals surface area contributed by atoms with Crippen LogP contribution in [0.25, 0.3) is 11.0 Å². The van der Waals surface area contributed by atoms with Crippen LogP contribution in [0.2, 0.25) is 5.02 Å². The number of benzene rings is 2. The van der Waals surface area contributed by atoms with E-state index in [1.165, 1.54) is 12.8 Å². The van der Waals surface area contributed by atoms with Gasteiger partial charge in [-0.15, -0.1) is 0 Å². The van der Waals surface area contributed by atoms with Gasteiger partial charge >= 0.3 is 0 Å². The molecule has 0 aliphatic heterocycles. The van der Waals surface area contributed by atoms with Crippen molar-refractivity contribution in [2.75, 3.05) is 6.54 Å². The summed E-state index contributed by atoms with van der Waals surface area (Å²) >= 11 is 9.79. The highest BCUT2D eigenvalue weighted by atomic mass is 79.9. The Hall–Kier alpha value is -1.85. The van der Waals surface area contributed by atoms with Gasteiger partial charge in [-0.05, 0) is 68.0 Å². The predicted octanol–water partition coefficient (Wildman–Crippen LogP) is 6.22. The number of carbonyl (C=O) groups excluding carboxylic acids is 1. The number of hydrogen-bond donors (Lipinski definition) is 0. The number of halogens is 2. The molecule has 1 fully saturated rings. The zero-order chi connectivity index (χ0) is 20.5. The van der Waals surface area contributed by atoms with E-state index < -0.39 is 0 Å². The fourth-order valence-corrected chi connectivity index (χ4v) is 4.20. The van der Waals surface area contributed by atoms with Crippen molar-refractivity contribution in [2.45, 2.75) is 46.2 Å². The minimum absolute atomic E-state index is 0.0609. The molecule has 0 spiro atoms.